The molecule has 0 saturated carbocycles. The van der Waals surface area contributed by atoms with E-state index in [1.807, 2.05) is 0 Å². The van der Waals surface area contributed by atoms with Crippen molar-refractivity contribution in [2.75, 3.05) is 0 Å². The topological polar surface area (TPSA) is 84.1 Å². The normalized spacial score (nSPS) is 12.3. The molecular formula is C14H6ClF6N2O4-. The van der Waals surface area contributed by atoms with Crippen molar-refractivity contribution in [2.45, 2.75) is 12.1 Å². The molecule has 13 heteroatoms. The molecule has 0 aliphatic heterocycles. The van der Waals surface area contributed by atoms with E-state index in [1.165, 1.54) is 0 Å². The fourth-order valence-electron chi connectivity index (χ4n) is 2.16. The van der Waals surface area contributed by atoms with Gasteiger partial charge < -0.3 is 9.90 Å². The maximum atomic E-state index is 14.1. The standard InChI is InChI=1S/C14H7ClF6N2O4/c1-22-9(13(17,18)14(19,20)21)4-10(24)23(12(22)27)8-2-5(11(25)26)6(15)3-7(8)16/h2-4H,1H3,(H,25,26)/p-1. The number of carboxylic acids is 1. The quantitative estimate of drug-likeness (QED) is 0.708. The molecule has 0 aliphatic carbocycles. The van der Waals surface area contributed by atoms with Crippen molar-refractivity contribution in [2.24, 2.45) is 7.05 Å². The van der Waals surface area contributed by atoms with Crippen LogP contribution in [0.15, 0.2) is 27.8 Å². The number of alkyl halides is 5. The van der Waals surface area contributed by atoms with Crippen LogP contribution in [-0.2, 0) is 13.0 Å². The molecule has 1 aromatic carbocycles. The molecule has 0 fully saturated rings. The van der Waals surface area contributed by atoms with Crippen molar-refractivity contribution < 1.29 is 36.2 Å². The fourth-order valence-corrected chi connectivity index (χ4v) is 2.39. The molecule has 1 heterocycles. The lowest BCUT2D eigenvalue weighted by Gasteiger charge is -2.22. The summed E-state index contributed by atoms with van der Waals surface area (Å²) in [6, 6.07) is 0.616. The van der Waals surface area contributed by atoms with Crippen LogP contribution in [0.3, 0.4) is 0 Å². The Morgan fingerprint density at radius 3 is 2.15 bits per heavy atom. The Morgan fingerprint density at radius 1 is 1.11 bits per heavy atom. The number of carbonyl (C=O) groups is 1. The molecule has 0 amide bonds. The zero-order valence-electron chi connectivity index (χ0n) is 12.9. The average Bonchev–Trinajstić information content (AvgIpc) is 2.51. The largest absolute Gasteiger partial charge is 0.545 e. The van der Waals surface area contributed by atoms with Gasteiger partial charge in [0, 0.05) is 18.7 Å². The van der Waals surface area contributed by atoms with Gasteiger partial charge in [-0.3, -0.25) is 9.36 Å². The first kappa shape index (κ1) is 20.6. The van der Waals surface area contributed by atoms with E-state index in [9.17, 15) is 45.8 Å². The number of aromatic carboxylic acids is 1. The first-order chi connectivity index (χ1) is 12.2. The Morgan fingerprint density at radius 2 is 1.67 bits per heavy atom. The van der Waals surface area contributed by atoms with Gasteiger partial charge >= 0.3 is 17.8 Å². The minimum Gasteiger partial charge on any atom is -0.545 e. The van der Waals surface area contributed by atoms with Crippen LogP contribution in [0.25, 0.3) is 5.69 Å². The summed E-state index contributed by atoms with van der Waals surface area (Å²) >= 11 is 5.47. The van der Waals surface area contributed by atoms with Crippen molar-refractivity contribution in [3.63, 3.8) is 0 Å². The van der Waals surface area contributed by atoms with E-state index in [4.69, 9.17) is 11.6 Å². The smallest absolute Gasteiger partial charge is 0.459 e. The van der Waals surface area contributed by atoms with E-state index in [2.05, 4.69) is 0 Å². The van der Waals surface area contributed by atoms with Gasteiger partial charge in [0.15, 0.2) is 0 Å². The van der Waals surface area contributed by atoms with Crippen molar-refractivity contribution in [3.05, 3.63) is 61.1 Å². The third-order valence-electron chi connectivity index (χ3n) is 3.50. The highest BCUT2D eigenvalue weighted by molar-refractivity contribution is 6.33. The van der Waals surface area contributed by atoms with Crippen LogP contribution in [0.5, 0.6) is 0 Å². The number of carbonyl (C=O) groups excluding carboxylic acids is 1. The lowest BCUT2D eigenvalue weighted by Crippen LogP contribution is -2.45. The third-order valence-corrected chi connectivity index (χ3v) is 3.81. The Balaban J connectivity index is 2.86. The van der Waals surface area contributed by atoms with Gasteiger partial charge in [-0.05, 0) is 12.1 Å². The number of nitrogens with zero attached hydrogens (tertiary/aromatic N) is 2. The van der Waals surface area contributed by atoms with E-state index in [0.29, 0.717) is 19.2 Å². The minimum atomic E-state index is -6.11. The molecule has 27 heavy (non-hydrogen) atoms. The zero-order valence-corrected chi connectivity index (χ0v) is 13.7. The molecular weight excluding hydrogens is 410 g/mol. The monoisotopic (exact) mass is 415 g/mol. The van der Waals surface area contributed by atoms with Crippen LogP contribution in [0, 0.1) is 5.82 Å². The second-order valence-corrected chi connectivity index (χ2v) is 5.60. The van der Waals surface area contributed by atoms with E-state index in [-0.39, 0.29) is 15.2 Å². The van der Waals surface area contributed by atoms with E-state index in [0.717, 1.165) is 0 Å². The van der Waals surface area contributed by atoms with E-state index in [1.54, 1.807) is 0 Å². The highest BCUT2D eigenvalue weighted by Crippen LogP contribution is 2.42. The Labute approximate surface area is 149 Å². The van der Waals surface area contributed by atoms with E-state index < -0.39 is 57.1 Å². The van der Waals surface area contributed by atoms with Crippen LogP contribution in [-0.4, -0.2) is 21.3 Å². The van der Waals surface area contributed by atoms with Crippen LogP contribution in [0.1, 0.15) is 16.1 Å². The number of hydrogen-bond donors (Lipinski definition) is 0. The van der Waals surface area contributed by atoms with Crippen LogP contribution >= 0.6 is 11.6 Å². The fraction of sp³-hybridized carbons (Fsp3) is 0.214. The number of carboxylic acid groups (broad SMARTS) is 1. The molecule has 0 radical (unpaired) electrons. The number of aromatic nitrogens is 2. The van der Waals surface area contributed by atoms with Crippen molar-refractivity contribution in [1.29, 1.82) is 0 Å². The minimum absolute atomic E-state index is 0.117. The van der Waals surface area contributed by atoms with Gasteiger partial charge in [0.05, 0.1) is 16.7 Å². The van der Waals surface area contributed by atoms with Gasteiger partial charge in [-0.2, -0.15) is 22.0 Å². The summed E-state index contributed by atoms with van der Waals surface area (Å²) in [4.78, 5) is 35.1. The predicted molar refractivity (Wildman–Crippen MR) is 76.5 cm³/mol. The Bertz CT molecular complexity index is 1060. The van der Waals surface area contributed by atoms with Crippen LogP contribution in [0.2, 0.25) is 5.02 Å². The lowest BCUT2D eigenvalue weighted by molar-refractivity contribution is -0.292. The summed E-state index contributed by atoms with van der Waals surface area (Å²) < 4.78 is 78.3. The first-order valence-corrected chi connectivity index (χ1v) is 7.06. The van der Waals surface area contributed by atoms with Crippen molar-refractivity contribution in [1.82, 2.24) is 9.13 Å². The molecule has 0 atom stereocenters. The van der Waals surface area contributed by atoms with E-state index >= 15 is 0 Å². The van der Waals surface area contributed by atoms with Crippen molar-refractivity contribution in [3.8, 4) is 5.69 Å². The Hall–Kier alpha value is -2.76. The molecule has 0 unspecified atom stereocenters. The highest BCUT2D eigenvalue weighted by atomic mass is 35.5. The summed E-state index contributed by atoms with van der Waals surface area (Å²) in [7, 11) is 0.501. The molecule has 0 saturated heterocycles. The maximum Gasteiger partial charge on any atom is 0.459 e. The average molecular weight is 416 g/mol. The summed E-state index contributed by atoms with van der Waals surface area (Å²) in [6.07, 6.45) is -6.11. The number of benzene rings is 1. The number of rotatable bonds is 3. The van der Waals surface area contributed by atoms with Crippen LogP contribution in [0.4, 0.5) is 26.3 Å². The van der Waals surface area contributed by atoms with Crippen LogP contribution < -0.4 is 16.4 Å². The van der Waals surface area contributed by atoms with Gasteiger partial charge in [-0.25, -0.2) is 13.8 Å². The second-order valence-electron chi connectivity index (χ2n) is 5.19. The lowest BCUT2D eigenvalue weighted by atomic mass is 10.1. The molecule has 6 nitrogen and oxygen atoms in total. The first-order valence-electron chi connectivity index (χ1n) is 6.69. The molecule has 0 N–H and O–H groups in total. The molecule has 1 aromatic heterocycles. The van der Waals surface area contributed by atoms with Gasteiger partial charge in [-0.15, -0.1) is 0 Å². The molecule has 2 rings (SSSR count). The summed E-state index contributed by atoms with van der Waals surface area (Å²) in [5.74, 6) is -8.86. The van der Waals surface area contributed by atoms with Crippen molar-refractivity contribution >= 4 is 17.6 Å². The predicted octanol–water partition coefficient (Wildman–Crippen LogP) is 1.35. The third kappa shape index (κ3) is 3.31. The SMILES string of the molecule is Cn1c(C(F)(F)C(F)(F)F)cc(=O)n(-c2cc(C(=O)[O-])c(Cl)cc2F)c1=O. The van der Waals surface area contributed by atoms with Gasteiger partial charge in [-0.1, -0.05) is 11.6 Å². The summed E-state index contributed by atoms with van der Waals surface area (Å²) in [6.45, 7) is 0. The highest BCUT2D eigenvalue weighted by Gasteiger charge is 2.60. The molecule has 2 aromatic rings. The molecule has 0 aliphatic rings. The summed E-state index contributed by atoms with van der Waals surface area (Å²) in [5, 5.41) is 10.3. The van der Waals surface area contributed by atoms with Gasteiger partial charge in [0.1, 0.15) is 11.5 Å². The number of halogens is 7. The van der Waals surface area contributed by atoms with Gasteiger partial charge in [0.25, 0.3) is 5.56 Å². The zero-order chi connectivity index (χ0) is 20.9. The second kappa shape index (κ2) is 6.44. The Kier molecular flexibility index (Phi) is 4.90. The maximum absolute atomic E-state index is 14.1. The van der Waals surface area contributed by atoms with Gasteiger partial charge in [0.2, 0.25) is 0 Å². The molecule has 0 spiro atoms. The number of hydrogen-bond acceptors (Lipinski definition) is 4. The summed E-state index contributed by atoms with van der Waals surface area (Å²) in [5.41, 5.74) is -7.36. The molecule has 146 valence electrons. The molecule has 0 bridgehead atoms.